The Balaban J connectivity index is 1.94. The number of nitrogens with zero attached hydrogens (tertiary/aromatic N) is 4. The third-order valence-corrected chi connectivity index (χ3v) is 4.08. The predicted octanol–water partition coefficient (Wildman–Crippen LogP) is 4.52. The highest BCUT2D eigenvalue weighted by molar-refractivity contribution is 6.20. The second-order valence-electron chi connectivity index (χ2n) is 5.64. The van der Waals surface area contributed by atoms with Gasteiger partial charge in [-0.25, -0.2) is 4.99 Å². The largest absolute Gasteiger partial charge is 0.294 e. The van der Waals surface area contributed by atoms with Gasteiger partial charge in [0.15, 0.2) is 0 Å². The lowest BCUT2D eigenvalue weighted by Gasteiger charge is -2.32. The fourth-order valence-electron chi connectivity index (χ4n) is 2.91. The zero-order valence-corrected chi connectivity index (χ0v) is 13.4. The van der Waals surface area contributed by atoms with Crippen LogP contribution in [0.3, 0.4) is 0 Å². The number of fused-ring (bicyclic) bond motifs is 1. The molecule has 0 unspecified atom stereocenters. The van der Waals surface area contributed by atoms with E-state index in [0.717, 1.165) is 34.0 Å². The number of nitriles is 1. The van der Waals surface area contributed by atoms with Crippen molar-refractivity contribution >= 4 is 22.9 Å². The summed E-state index contributed by atoms with van der Waals surface area (Å²) in [7, 11) is 0. The third-order valence-electron chi connectivity index (χ3n) is 4.08. The van der Waals surface area contributed by atoms with Crippen LogP contribution in [0.25, 0.3) is 5.70 Å². The van der Waals surface area contributed by atoms with Gasteiger partial charge in [-0.15, -0.1) is 0 Å². The van der Waals surface area contributed by atoms with E-state index >= 15 is 0 Å². The number of para-hydroxylation sites is 1. The predicted molar refractivity (Wildman–Crippen MR) is 99.5 cm³/mol. The molecule has 1 aromatic heterocycles. The van der Waals surface area contributed by atoms with Crippen molar-refractivity contribution in [1.29, 1.82) is 5.26 Å². The zero-order valence-electron chi connectivity index (χ0n) is 13.4. The summed E-state index contributed by atoms with van der Waals surface area (Å²) >= 11 is 0. The molecule has 1 aliphatic heterocycles. The SMILES string of the molecule is C=C1c2ccccc2N=C(c2cccnc2)N1c1cccc(C#N)c1. The minimum absolute atomic E-state index is 0.592. The molecule has 118 valence electrons. The number of benzene rings is 2. The van der Waals surface area contributed by atoms with Crippen LogP contribution in [0.2, 0.25) is 0 Å². The van der Waals surface area contributed by atoms with Gasteiger partial charge in [0, 0.05) is 34.9 Å². The highest BCUT2D eigenvalue weighted by Gasteiger charge is 2.26. The van der Waals surface area contributed by atoms with Crippen LogP contribution < -0.4 is 4.90 Å². The van der Waals surface area contributed by atoms with E-state index in [-0.39, 0.29) is 0 Å². The molecule has 0 radical (unpaired) electrons. The first kappa shape index (κ1) is 14.9. The van der Waals surface area contributed by atoms with E-state index in [0.29, 0.717) is 5.56 Å². The van der Waals surface area contributed by atoms with E-state index in [1.54, 1.807) is 18.5 Å². The first-order chi connectivity index (χ1) is 12.3. The van der Waals surface area contributed by atoms with Gasteiger partial charge in [0.25, 0.3) is 0 Å². The molecule has 4 heteroatoms. The smallest absolute Gasteiger partial charge is 0.147 e. The second-order valence-corrected chi connectivity index (χ2v) is 5.64. The Morgan fingerprint density at radius 1 is 1.00 bits per heavy atom. The van der Waals surface area contributed by atoms with E-state index in [1.807, 2.05) is 59.5 Å². The molecule has 4 rings (SSSR count). The van der Waals surface area contributed by atoms with Gasteiger partial charge in [-0.2, -0.15) is 5.26 Å². The lowest BCUT2D eigenvalue weighted by atomic mass is 10.0. The van der Waals surface area contributed by atoms with Gasteiger partial charge in [0.05, 0.1) is 17.3 Å². The summed E-state index contributed by atoms with van der Waals surface area (Å²) in [4.78, 5) is 11.0. The normalized spacial score (nSPS) is 13.0. The van der Waals surface area contributed by atoms with Crippen molar-refractivity contribution in [1.82, 2.24) is 4.98 Å². The molecule has 0 bridgehead atoms. The maximum atomic E-state index is 9.24. The third kappa shape index (κ3) is 2.58. The van der Waals surface area contributed by atoms with Crippen molar-refractivity contribution in [3.05, 3.63) is 96.3 Å². The summed E-state index contributed by atoms with van der Waals surface area (Å²) < 4.78 is 0. The van der Waals surface area contributed by atoms with Gasteiger partial charge >= 0.3 is 0 Å². The van der Waals surface area contributed by atoms with E-state index in [4.69, 9.17) is 4.99 Å². The van der Waals surface area contributed by atoms with Crippen LogP contribution in [-0.2, 0) is 0 Å². The monoisotopic (exact) mass is 322 g/mol. The zero-order chi connectivity index (χ0) is 17.2. The average Bonchev–Trinajstić information content (AvgIpc) is 2.68. The topological polar surface area (TPSA) is 52.3 Å². The molecular weight excluding hydrogens is 308 g/mol. The van der Waals surface area contributed by atoms with Crippen molar-refractivity contribution in [2.45, 2.75) is 0 Å². The van der Waals surface area contributed by atoms with Gasteiger partial charge < -0.3 is 0 Å². The first-order valence-corrected chi connectivity index (χ1v) is 7.85. The number of pyridine rings is 1. The molecule has 0 amide bonds. The van der Waals surface area contributed by atoms with Gasteiger partial charge in [0.1, 0.15) is 5.84 Å². The quantitative estimate of drug-likeness (QED) is 0.697. The van der Waals surface area contributed by atoms with Crippen molar-refractivity contribution in [2.24, 2.45) is 4.99 Å². The Morgan fingerprint density at radius 2 is 1.88 bits per heavy atom. The summed E-state index contributed by atoms with van der Waals surface area (Å²) in [5.74, 6) is 0.742. The van der Waals surface area contributed by atoms with Crippen LogP contribution in [0.15, 0.2) is 84.6 Å². The van der Waals surface area contributed by atoms with Crippen LogP contribution in [0, 0.1) is 11.3 Å². The molecule has 0 saturated heterocycles. The number of hydrogen-bond donors (Lipinski definition) is 0. The maximum absolute atomic E-state index is 9.24. The highest BCUT2D eigenvalue weighted by atomic mass is 15.2. The molecule has 25 heavy (non-hydrogen) atoms. The van der Waals surface area contributed by atoms with Crippen LogP contribution in [0.5, 0.6) is 0 Å². The maximum Gasteiger partial charge on any atom is 0.147 e. The molecule has 0 aliphatic carbocycles. The number of aromatic nitrogens is 1. The average molecular weight is 322 g/mol. The summed E-state index contributed by atoms with van der Waals surface area (Å²) in [5, 5.41) is 9.24. The van der Waals surface area contributed by atoms with Gasteiger partial charge in [-0.05, 0) is 36.4 Å². The van der Waals surface area contributed by atoms with Crippen molar-refractivity contribution in [3.63, 3.8) is 0 Å². The standard InChI is InChI=1S/C21H14N4/c1-15-19-9-2-3-10-20(19)24-21(17-7-5-11-23-14-17)25(15)18-8-4-6-16(12-18)13-22/h2-12,14H,1H2. The van der Waals surface area contributed by atoms with Gasteiger partial charge in [-0.3, -0.25) is 9.88 Å². The molecule has 4 nitrogen and oxygen atoms in total. The molecule has 0 N–H and O–H groups in total. The number of amidine groups is 1. The number of anilines is 1. The fraction of sp³-hybridized carbons (Fsp3) is 0. The lowest BCUT2D eigenvalue weighted by molar-refractivity contribution is 1.24. The van der Waals surface area contributed by atoms with E-state index in [9.17, 15) is 5.26 Å². The Bertz CT molecular complexity index is 1030. The Labute approximate surface area is 146 Å². The molecule has 2 heterocycles. The van der Waals surface area contributed by atoms with E-state index < -0.39 is 0 Å². The van der Waals surface area contributed by atoms with Crippen LogP contribution >= 0.6 is 0 Å². The summed E-state index contributed by atoms with van der Waals surface area (Å²) in [6.07, 6.45) is 3.51. The highest BCUT2D eigenvalue weighted by Crippen LogP contribution is 2.37. The van der Waals surface area contributed by atoms with Crippen molar-refractivity contribution in [3.8, 4) is 6.07 Å². The summed E-state index contributed by atoms with van der Waals surface area (Å²) in [5.41, 5.74) is 4.99. The number of rotatable bonds is 2. The molecule has 1 aliphatic rings. The minimum Gasteiger partial charge on any atom is -0.294 e. The minimum atomic E-state index is 0.592. The molecule has 0 spiro atoms. The number of aliphatic imine (C=N–C) groups is 1. The fourth-order valence-corrected chi connectivity index (χ4v) is 2.91. The van der Waals surface area contributed by atoms with Crippen LogP contribution in [0.1, 0.15) is 16.7 Å². The molecule has 2 aromatic carbocycles. The molecule has 3 aromatic rings. The molecular formula is C21H14N4. The van der Waals surface area contributed by atoms with E-state index in [2.05, 4.69) is 17.6 Å². The summed E-state index contributed by atoms with van der Waals surface area (Å²) in [6, 6.07) is 21.4. The molecule has 0 fully saturated rings. The summed E-state index contributed by atoms with van der Waals surface area (Å²) in [6.45, 7) is 4.29. The lowest BCUT2D eigenvalue weighted by Crippen LogP contribution is -2.32. The number of hydrogen-bond acceptors (Lipinski definition) is 4. The van der Waals surface area contributed by atoms with Crippen molar-refractivity contribution < 1.29 is 0 Å². The van der Waals surface area contributed by atoms with Crippen LogP contribution in [0.4, 0.5) is 11.4 Å². The molecule has 0 saturated carbocycles. The van der Waals surface area contributed by atoms with Gasteiger partial charge in [0.2, 0.25) is 0 Å². The van der Waals surface area contributed by atoms with Crippen molar-refractivity contribution in [2.75, 3.05) is 4.90 Å². The van der Waals surface area contributed by atoms with E-state index in [1.165, 1.54) is 0 Å². The molecule has 0 atom stereocenters. The Hall–Kier alpha value is -3.71. The Morgan fingerprint density at radius 3 is 2.68 bits per heavy atom. The second kappa shape index (κ2) is 6.06. The van der Waals surface area contributed by atoms with Crippen LogP contribution in [-0.4, -0.2) is 10.8 Å². The first-order valence-electron chi connectivity index (χ1n) is 7.85. The van der Waals surface area contributed by atoms with Gasteiger partial charge in [-0.1, -0.05) is 30.8 Å². The Kier molecular flexibility index (Phi) is 3.60.